The SMILES string of the molecule is C[C@@H]1[C@H](C(=O)O)CCCN1S(=O)(=O)c1ccc2[nH]c(=O)ccc2c1. The Labute approximate surface area is 139 Å². The van der Waals surface area contributed by atoms with E-state index in [4.69, 9.17) is 0 Å². The minimum atomic E-state index is -3.80. The van der Waals surface area contributed by atoms with Gasteiger partial charge in [0.2, 0.25) is 15.6 Å². The molecule has 1 saturated heterocycles. The van der Waals surface area contributed by atoms with Crippen LogP contribution in [0.3, 0.4) is 0 Å². The maximum absolute atomic E-state index is 12.9. The topological polar surface area (TPSA) is 108 Å². The Hall–Kier alpha value is -2.19. The Morgan fingerprint density at radius 2 is 2.04 bits per heavy atom. The second-order valence-corrected chi connectivity index (χ2v) is 7.91. The van der Waals surface area contributed by atoms with E-state index < -0.39 is 28.0 Å². The Kier molecular flexibility index (Phi) is 4.18. The fraction of sp³-hybridized carbons (Fsp3) is 0.375. The first-order valence-corrected chi connectivity index (χ1v) is 9.12. The molecule has 0 radical (unpaired) electrons. The number of sulfonamides is 1. The van der Waals surface area contributed by atoms with E-state index in [1.807, 2.05) is 0 Å². The van der Waals surface area contributed by atoms with Crippen molar-refractivity contribution < 1.29 is 18.3 Å². The van der Waals surface area contributed by atoms with E-state index in [-0.39, 0.29) is 10.5 Å². The van der Waals surface area contributed by atoms with Gasteiger partial charge in [-0.1, -0.05) is 0 Å². The number of piperidine rings is 1. The first kappa shape index (κ1) is 16.7. The fourth-order valence-electron chi connectivity index (χ4n) is 3.21. The van der Waals surface area contributed by atoms with Crippen LogP contribution in [0.4, 0.5) is 0 Å². The van der Waals surface area contributed by atoms with Crippen molar-refractivity contribution in [1.82, 2.24) is 9.29 Å². The van der Waals surface area contributed by atoms with Crippen molar-refractivity contribution >= 4 is 26.9 Å². The number of aromatic nitrogens is 1. The number of carboxylic acids is 1. The van der Waals surface area contributed by atoms with Crippen molar-refractivity contribution in [3.05, 3.63) is 40.7 Å². The third-order valence-electron chi connectivity index (χ3n) is 4.55. The lowest BCUT2D eigenvalue weighted by atomic mass is 9.92. The van der Waals surface area contributed by atoms with Crippen molar-refractivity contribution in [2.45, 2.75) is 30.7 Å². The molecule has 1 aliphatic heterocycles. The zero-order chi connectivity index (χ0) is 17.5. The summed E-state index contributed by atoms with van der Waals surface area (Å²) >= 11 is 0. The minimum Gasteiger partial charge on any atom is -0.481 e. The largest absolute Gasteiger partial charge is 0.481 e. The quantitative estimate of drug-likeness (QED) is 0.870. The molecule has 8 heteroatoms. The number of rotatable bonds is 3. The number of nitrogens with one attached hydrogen (secondary N) is 1. The van der Waals surface area contributed by atoms with Crippen LogP contribution in [0.2, 0.25) is 0 Å². The van der Waals surface area contributed by atoms with Gasteiger partial charge in [-0.05, 0) is 49.4 Å². The molecule has 1 aromatic carbocycles. The molecule has 7 nitrogen and oxygen atoms in total. The molecule has 0 amide bonds. The maximum atomic E-state index is 12.9. The number of carbonyl (C=O) groups is 1. The number of hydrogen-bond acceptors (Lipinski definition) is 4. The third kappa shape index (κ3) is 2.83. The van der Waals surface area contributed by atoms with Gasteiger partial charge in [0.1, 0.15) is 0 Å². The predicted octanol–water partition coefficient (Wildman–Crippen LogP) is 1.40. The van der Waals surface area contributed by atoms with Gasteiger partial charge in [-0.25, -0.2) is 8.42 Å². The molecule has 128 valence electrons. The molecule has 1 aromatic heterocycles. The van der Waals surface area contributed by atoms with E-state index >= 15 is 0 Å². The molecule has 1 aliphatic rings. The zero-order valence-electron chi connectivity index (χ0n) is 13.1. The molecule has 0 spiro atoms. The molecule has 0 saturated carbocycles. The highest BCUT2D eigenvalue weighted by atomic mass is 32.2. The normalized spacial score (nSPS) is 22.5. The lowest BCUT2D eigenvalue weighted by Crippen LogP contribution is -2.48. The maximum Gasteiger partial charge on any atom is 0.308 e. The van der Waals surface area contributed by atoms with Crippen molar-refractivity contribution in [1.29, 1.82) is 0 Å². The van der Waals surface area contributed by atoms with Crippen LogP contribution in [0.5, 0.6) is 0 Å². The van der Waals surface area contributed by atoms with Crippen molar-refractivity contribution in [2.75, 3.05) is 6.54 Å². The number of pyridine rings is 1. The Morgan fingerprint density at radius 3 is 2.75 bits per heavy atom. The summed E-state index contributed by atoms with van der Waals surface area (Å²) in [5, 5.41) is 9.88. The summed E-state index contributed by atoms with van der Waals surface area (Å²) in [5.41, 5.74) is 0.295. The van der Waals surface area contributed by atoms with Gasteiger partial charge in [0, 0.05) is 24.2 Å². The summed E-state index contributed by atoms with van der Waals surface area (Å²) in [4.78, 5) is 25.4. The first-order valence-electron chi connectivity index (χ1n) is 7.68. The number of nitrogens with zero attached hydrogens (tertiary/aromatic N) is 1. The molecule has 1 fully saturated rings. The van der Waals surface area contributed by atoms with Gasteiger partial charge in [-0.15, -0.1) is 0 Å². The highest BCUT2D eigenvalue weighted by molar-refractivity contribution is 7.89. The van der Waals surface area contributed by atoms with Crippen LogP contribution in [-0.2, 0) is 14.8 Å². The lowest BCUT2D eigenvalue weighted by molar-refractivity contribution is -0.144. The van der Waals surface area contributed by atoms with E-state index in [1.165, 1.54) is 22.5 Å². The summed E-state index contributed by atoms with van der Waals surface area (Å²) in [6, 6.07) is 6.78. The van der Waals surface area contributed by atoms with E-state index in [0.29, 0.717) is 30.3 Å². The second kappa shape index (κ2) is 6.03. The first-order chi connectivity index (χ1) is 11.3. The highest BCUT2D eigenvalue weighted by Gasteiger charge is 2.39. The van der Waals surface area contributed by atoms with Crippen LogP contribution in [-0.4, -0.2) is 41.4 Å². The minimum absolute atomic E-state index is 0.0972. The molecular formula is C16H18N2O5S. The molecule has 2 heterocycles. The van der Waals surface area contributed by atoms with Crippen molar-refractivity contribution in [3.8, 4) is 0 Å². The molecule has 2 atom stereocenters. The van der Waals surface area contributed by atoms with Crippen molar-refractivity contribution in [3.63, 3.8) is 0 Å². The van der Waals surface area contributed by atoms with Gasteiger partial charge in [0.15, 0.2) is 0 Å². The molecule has 3 rings (SSSR count). The van der Waals surface area contributed by atoms with Crippen molar-refractivity contribution in [2.24, 2.45) is 5.92 Å². The summed E-state index contributed by atoms with van der Waals surface area (Å²) in [6.07, 6.45) is 0.989. The number of carboxylic acid groups (broad SMARTS) is 1. The number of fused-ring (bicyclic) bond motifs is 1. The van der Waals surface area contributed by atoms with Crippen LogP contribution in [0.1, 0.15) is 19.8 Å². The van der Waals surface area contributed by atoms with Gasteiger partial charge in [-0.3, -0.25) is 9.59 Å². The summed E-state index contributed by atoms with van der Waals surface area (Å²) in [6.45, 7) is 1.94. The van der Waals surface area contributed by atoms with E-state index in [9.17, 15) is 23.1 Å². The number of H-pyrrole nitrogens is 1. The van der Waals surface area contributed by atoms with Gasteiger partial charge in [-0.2, -0.15) is 4.31 Å². The van der Waals surface area contributed by atoms with Crippen LogP contribution in [0.15, 0.2) is 40.0 Å². The van der Waals surface area contributed by atoms with Crippen LogP contribution in [0, 0.1) is 5.92 Å². The zero-order valence-corrected chi connectivity index (χ0v) is 13.9. The van der Waals surface area contributed by atoms with E-state index in [0.717, 1.165) is 0 Å². The average Bonchev–Trinajstić information content (AvgIpc) is 2.54. The number of aliphatic carboxylic acids is 1. The molecular weight excluding hydrogens is 332 g/mol. The molecule has 2 aromatic rings. The summed E-state index contributed by atoms with van der Waals surface area (Å²) in [7, 11) is -3.80. The summed E-state index contributed by atoms with van der Waals surface area (Å²) < 4.78 is 27.1. The fourth-order valence-corrected chi connectivity index (χ4v) is 4.95. The van der Waals surface area contributed by atoms with Gasteiger partial charge in [0.25, 0.3) is 0 Å². The molecule has 2 N–H and O–H groups in total. The standard InChI is InChI=1S/C16H18N2O5S/c1-10-13(16(20)21)3-2-8-18(10)24(22,23)12-5-6-14-11(9-12)4-7-15(19)17-14/h4-7,9-10,13H,2-3,8H2,1H3,(H,17,19)(H,20,21)/t10-,13-/m1/s1. The lowest BCUT2D eigenvalue weighted by Gasteiger charge is -2.36. The Balaban J connectivity index is 2.02. The Morgan fingerprint density at radius 1 is 1.29 bits per heavy atom. The molecule has 24 heavy (non-hydrogen) atoms. The number of benzene rings is 1. The van der Waals surface area contributed by atoms with Gasteiger partial charge in [0.05, 0.1) is 10.8 Å². The van der Waals surface area contributed by atoms with Gasteiger partial charge >= 0.3 is 5.97 Å². The monoisotopic (exact) mass is 350 g/mol. The molecule has 0 unspecified atom stereocenters. The van der Waals surface area contributed by atoms with E-state index in [1.54, 1.807) is 19.1 Å². The highest BCUT2D eigenvalue weighted by Crippen LogP contribution is 2.30. The van der Waals surface area contributed by atoms with Crippen LogP contribution < -0.4 is 5.56 Å². The predicted molar refractivity (Wildman–Crippen MR) is 88.3 cm³/mol. The molecule has 0 aliphatic carbocycles. The molecule has 0 bridgehead atoms. The smallest absolute Gasteiger partial charge is 0.308 e. The van der Waals surface area contributed by atoms with E-state index in [2.05, 4.69) is 4.98 Å². The average molecular weight is 350 g/mol. The summed E-state index contributed by atoms with van der Waals surface area (Å²) in [5.74, 6) is -1.68. The van der Waals surface area contributed by atoms with Crippen LogP contribution >= 0.6 is 0 Å². The van der Waals surface area contributed by atoms with Crippen LogP contribution in [0.25, 0.3) is 10.9 Å². The number of hydrogen-bond donors (Lipinski definition) is 2. The number of aromatic amines is 1. The second-order valence-electron chi connectivity index (χ2n) is 6.01. The van der Waals surface area contributed by atoms with Gasteiger partial charge < -0.3 is 10.1 Å². The third-order valence-corrected chi connectivity index (χ3v) is 6.53. The Bertz CT molecular complexity index is 950.